The molecule has 17 heavy (non-hydrogen) atoms. The van der Waals surface area contributed by atoms with Gasteiger partial charge in [0.15, 0.2) is 11.6 Å². The van der Waals surface area contributed by atoms with Crippen LogP contribution in [0.15, 0.2) is 18.2 Å². The van der Waals surface area contributed by atoms with Crippen LogP contribution in [-0.2, 0) is 0 Å². The molecular weight excluding hydrogens is 224 g/mol. The predicted molar refractivity (Wildman–Crippen MR) is 61.3 cm³/mol. The summed E-state index contributed by atoms with van der Waals surface area (Å²) >= 11 is 0. The molecule has 4 heteroatoms. The lowest BCUT2D eigenvalue weighted by Crippen LogP contribution is -2.32. The normalized spacial score (nSPS) is 20.5. The minimum Gasteiger partial charge on any atom is -0.391 e. The molecule has 1 aliphatic carbocycles. The smallest absolute Gasteiger partial charge is 0.163 e. The molecule has 1 saturated carbocycles. The van der Waals surface area contributed by atoms with E-state index in [-0.39, 0.29) is 11.5 Å². The van der Waals surface area contributed by atoms with Gasteiger partial charge < -0.3 is 10.8 Å². The van der Waals surface area contributed by atoms with E-state index in [1.807, 2.05) is 0 Å². The Morgan fingerprint density at radius 1 is 1.24 bits per heavy atom. The number of benzene rings is 1. The molecular formula is C13H17F2NO. The van der Waals surface area contributed by atoms with Crippen LogP contribution in [0.4, 0.5) is 8.78 Å². The van der Waals surface area contributed by atoms with Crippen LogP contribution >= 0.6 is 0 Å². The van der Waals surface area contributed by atoms with E-state index < -0.39 is 23.8 Å². The maximum absolute atomic E-state index is 13.5. The van der Waals surface area contributed by atoms with E-state index in [4.69, 9.17) is 5.73 Å². The van der Waals surface area contributed by atoms with Crippen LogP contribution in [0.25, 0.3) is 0 Å². The van der Waals surface area contributed by atoms with Crippen LogP contribution < -0.4 is 5.73 Å². The summed E-state index contributed by atoms with van der Waals surface area (Å²) in [6, 6.07) is 3.04. The topological polar surface area (TPSA) is 46.2 Å². The third-order valence-electron chi connectivity index (χ3n) is 3.59. The molecule has 1 fully saturated rings. The Morgan fingerprint density at radius 2 is 1.88 bits per heavy atom. The summed E-state index contributed by atoms with van der Waals surface area (Å²) in [5.74, 6) is -1.76. The molecule has 1 aromatic carbocycles. The van der Waals surface area contributed by atoms with E-state index >= 15 is 0 Å². The number of halogens is 2. The highest BCUT2D eigenvalue weighted by Crippen LogP contribution is 2.33. The van der Waals surface area contributed by atoms with Crippen molar-refractivity contribution in [3.63, 3.8) is 0 Å². The molecule has 0 bridgehead atoms. The lowest BCUT2D eigenvalue weighted by Gasteiger charge is -2.24. The summed E-state index contributed by atoms with van der Waals surface area (Å²) in [6.07, 6.45) is 3.16. The van der Waals surface area contributed by atoms with Gasteiger partial charge in [-0.2, -0.15) is 0 Å². The van der Waals surface area contributed by atoms with Gasteiger partial charge in [-0.3, -0.25) is 0 Å². The molecule has 0 saturated heterocycles. The monoisotopic (exact) mass is 241 g/mol. The fourth-order valence-electron chi connectivity index (χ4n) is 2.55. The fraction of sp³-hybridized carbons (Fsp3) is 0.538. The Morgan fingerprint density at radius 3 is 2.53 bits per heavy atom. The highest BCUT2D eigenvalue weighted by Gasteiger charge is 2.30. The fourth-order valence-corrected chi connectivity index (χ4v) is 2.55. The number of rotatable bonds is 3. The van der Waals surface area contributed by atoms with E-state index in [9.17, 15) is 13.9 Å². The van der Waals surface area contributed by atoms with Gasteiger partial charge in [0.05, 0.1) is 12.1 Å². The van der Waals surface area contributed by atoms with E-state index in [0.717, 1.165) is 31.7 Å². The maximum atomic E-state index is 13.5. The standard InChI is InChI=1S/C13H17F2NO/c14-10-7-3-6-9(11(10)15)12(16)13(17)8-4-1-2-5-8/h3,6-8,12-13,17H,1-2,4-5,16H2/t12-,13+/m0/s1. The average Bonchev–Trinajstić information content (AvgIpc) is 2.84. The van der Waals surface area contributed by atoms with Crippen molar-refractivity contribution in [2.75, 3.05) is 0 Å². The third kappa shape index (κ3) is 2.48. The van der Waals surface area contributed by atoms with E-state index in [2.05, 4.69) is 0 Å². The molecule has 3 N–H and O–H groups in total. The van der Waals surface area contributed by atoms with Gasteiger partial charge in [0.2, 0.25) is 0 Å². The molecule has 0 heterocycles. The minimum atomic E-state index is -0.947. The summed E-state index contributed by atoms with van der Waals surface area (Å²) in [4.78, 5) is 0. The second-order valence-electron chi connectivity index (χ2n) is 4.70. The SMILES string of the molecule is N[C@@H](c1cccc(F)c1F)[C@H](O)C1CCCC1. The molecule has 1 aromatic rings. The number of nitrogens with two attached hydrogens (primary N) is 1. The minimum absolute atomic E-state index is 0.0596. The first-order chi connectivity index (χ1) is 8.11. The summed E-state index contributed by atoms with van der Waals surface area (Å²) in [5, 5.41) is 10.1. The largest absolute Gasteiger partial charge is 0.391 e. The maximum Gasteiger partial charge on any atom is 0.163 e. The van der Waals surface area contributed by atoms with Crippen molar-refractivity contribution in [2.24, 2.45) is 11.7 Å². The van der Waals surface area contributed by atoms with E-state index in [1.165, 1.54) is 12.1 Å². The molecule has 0 spiro atoms. The second kappa shape index (κ2) is 5.10. The number of aliphatic hydroxyl groups excluding tert-OH is 1. The molecule has 0 unspecified atom stereocenters. The van der Waals surface area contributed by atoms with Crippen molar-refractivity contribution in [3.8, 4) is 0 Å². The van der Waals surface area contributed by atoms with Crippen molar-refractivity contribution in [3.05, 3.63) is 35.4 Å². The number of hydrogen-bond donors (Lipinski definition) is 2. The molecule has 2 atom stereocenters. The van der Waals surface area contributed by atoms with Crippen LogP contribution in [-0.4, -0.2) is 11.2 Å². The zero-order valence-corrected chi connectivity index (χ0v) is 9.57. The zero-order chi connectivity index (χ0) is 12.4. The molecule has 2 nitrogen and oxygen atoms in total. The van der Waals surface area contributed by atoms with Crippen LogP contribution in [0.3, 0.4) is 0 Å². The average molecular weight is 241 g/mol. The van der Waals surface area contributed by atoms with Gasteiger partial charge in [0, 0.05) is 5.56 Å². The highest BCUT2D eigenvalue weighted by molar-refractivity contribution is 5.23. The Bertz CT molecular complexity index is 391. The van der Waals surface area contributed by atoms with Gasteiger partial charge in [0.1, 0.15) is 0 Å². The Hall–Kier alpha value is -1.00. The van der Waals surface area contributed by atoms with Crippen molar-refractivity contribution in [2.45, 2.75) is 37.8 Å². The first-order valence-corrected chi connectivity index (χ1v) is 5.99. The number of aliphatic hydroxyl groups is 1. The Labute approximate surface area is 99.4 Å². The summed E-state index contributed by atoms with van der Waals surface area (Å²) in [6.45, 7) is 0. The zero-order valence-electron chi connectivity index (χ0n) is 9.57. The van der Waals surface area contributed by atoms with Gasteiger partial charge in [-0.1, -0.05) is 25.0 Å². The van der Waals surface area contributed by atoms with Crippen molar-refractivity contribution in [1.29, 1.82) is 0 Å². The summed E-state index contributed by atoms with van der Waals surface area (Å²) in [5.41, 5.74) is 5.89. The Balaban J connectivity index is 2.18. The van der Waals surface area contributed by atoms with Crippen LogP contribution in [0.2, 0.25) is 0 Å². The van der Waals surface area contributed by atoms with Crippen LogP contribution in [0.5, 0.6) is 0 Å². The van der Waals surface area contributed by atoms with E-state index in [0.29, 0.717) is 0 Å². The lowest BCUT2D eigenvalue weighted by molar-refractivity contribution is 0.0830. The Kier molecular flexibility index (Phi) is 3.74. The molecule has 0 aromatic heterocycles. The highest BCUT2D eigenvalue weighted by atomic mass is 19.2. The molecule has 0 radical (unpaired) electrons. The first kappa shape index (κ1) is 12.5. The van der Waals surface area contributed by atoms with Gasteiger partial charge in [-0.15, -0.1) is 0 Å². The van der Waals surface area contributed by atoms with E-state index in [1.54, 1.807) is 0 Å². The van der Waals surface area contributed by atoms with Crippen molar-refractivity contribution in [1.82, 2.24) is 0 Å². The van der Waals surface area contributed by atoms with Crippen LogP contribution in [0, 0.1) is 17.6 Å². The van der Waals surface area contributed by atoms with Crippen molar-refractivity contribution < 1.29 is 13.9 Å². The molecule has 0 aliphatic heterocycles. The van der Waals surface area contributed by atoms with Crippen molar-refractivity contribution >= 4 is 0 Å². The molecule has 1 aliphatic rings. The predicted octanol–water partition coefficient (Wildman–Crippen LogP) is 2.52. The third-order valence-corrected chi connectivity index (χ3v) is 3.59. The van der Waals surface area contributed by atoms with Gasteiger partial charge in [-0.25, -0.2) is 8.78 Å². The van der Waals surface area contributed by atoms with Gasteiger partial charge >= 0.3 is 0 Å². The number of hydrogen-bond acceptors (Lipinski definition) is 2. The first-order valence-electron chi connectivity index (χ1n) is 5.99. The second-order valence-corrected chi connectivity index (χ2v) is 4.70. The lowest BCUT2D eigenvalue weighted by atomic mass is 9.90. The van der Waals surface area contributed by atoms with Crippen LogP contribution in [0.1, 0.15) is 37.3 Å². The van der Waals surface area contributed by atoms with Gasteiger partial charge in [-0.05, 0) is 24.8 Å². The summed E-state index contributed by atoms with van der Waals surface area (Å²) in [7, 11) is 0. The van der Waals surface area contributed by atoms with Gasteiger partial charge in [0.25, 0.3) is 0 Å². The quantitative estimate of drug-likeness (QED) is 0.854. The summed E-state index contributed by atoms with van der Waals surface area (Å²) < 4.78 is 26.6. The molecule has 0 amide bonds. The molecule has 2 rings (SSSR count). The molecule has 94 valence electrons.